The fourth-order valence-electron chi connectivity index (χ4n) is 1.11. The van der Waals surface area contributed by atoms with Gasteiger partial charge in [0.1, 0.15) is 0 Å². The summed E-state index contributed by atoms with van der Waals surface area (Å²) in [6.07, 6.45) is 1.05. The Kier molecular flexibility index (Phi) is 5.86. The second-order valence-electron chi connectivity index (χ2n) is 2.52. The van der Waals surface area contributed by atoms with Gasteiger partial charge in [-0.3, -0.25) is 0 Å². The van der Waals surface area contributed by atoms with Crippen LogP contribution in [0.5, 0.6) is 0 Å². The average Bonchev–Trinajstić information content (AvgIpc) is 1.94. The van der Waals surface area contributed by atoms with Crippen LogP contribution in [0.25, 0.3) is 0 Å². The van der Waals surface area contributed by atoms with E-state index >= 15 is 0 Å². The summed E-state index contributed by atoms with van der Waals surface area (Å²) in [6, 6.07) is 0.175. The van der Waals surface area contributed by atoms with Gasteiger partial charge in [0, 0.05) is 19.3 Å². The van der Waals surface area contributed by atoms with Crippen LogP contribution in [0.3, 0.4) is 0 Å². The Bertz CT molecular complexity index is 100. The quantitative estimate of drug-likeness (QED) is 0.677. The Morgan fingerprint density at radius 1 is 1.64 bits per heavy atom. The Balaban J connectivity index is 0.000001000. The number of halogens is 1. The highest BCUT2D eigenvalue weighted by molar-refractivity contribution is 5.85. The highest BCUT2D eigenvalue weighted by Gasteiger charge is 2.21. The number of nitrogens with two attached hydrogens (primary N) is 1. The van der Waals surface area contributed by atoms with E-state index in [0.717, 1.165) is 19.6 Å². The molecular formula is C7H16ClNO2. The molecule has 68 valence electrons. The maximum Gasteiger partial charge on any atom is 0.0959 e. The van der Waals surface area contributed by atoms with E-state index in [1.807, 2.05) is 6.92 Å². The maximum absolute atomic E-state index is 5.76. The zero-order valence-electron chi connectivity index (χ0n) is 6.79. The molecule has 0 radical (unpaired) electrons. The third kappa shape index (κ3) is 3.38. The van der Waals surface area contributed by atoms with E-state index in [9.17, 15) is 0 Å². The van der Waals surface area contributed by atoms with Crippen molar-refractivity contribution in [3.63, 3.8) is 0 Å². The molecule has 1 aliphatic rings. The normalized spacial score (nSPS) is 31.1. The van der Waals surface area contributed by atoms with Crippen LogP contribution in [0.2, 0.25) is 0 Å². The highest BCUT2D eigenvalue weighted by atomic mass is 35.5. The predicted molar refractivity (Wildman–Crippen MR) is 46.1 cm³/mol. The minimum absolute atomic E-state index is 0. The van der Waals surface area contributed by atoms with Crippen LogP contribution in [-0.4, -0.2) is 32.0 Å². The van der Waals surface area contributed by atoms with Crippen molar-refractivity contribution < 1.29 is 9.47 Å². The van der Waals surface area contributed by atoms with Gasteiger partial charge in [0.2, 0.25) is 0 Å². The summed E-state index contributed by atoms with van der Waals surface area (Å²) in [4.78, 5) is 0. The SMILES string of the molecule is CCO[C@@H]1COCC[C@@H]1N.Cl. The average molecular weight is 182 g/mol. The second kappa shape index (κ2) is 5.77. The van der Waals surface area contributed by atoms with Crippen molar-refractivity contribution in [2.75, 3.05) is 19.8 Å². The minimum Gasteiger partial charge on any atom is -0.379 e. The zero-order chi connectivity index (χ0) is 7.40. The van der Waals surface area contributed by atoms with E-state index in [4.69, 9.17) is 15.2 Å². The molecule has 1 heterocycles. The lowest BCUT2D eigenvalue weighted by Gasteiger charge is -2.28. The van der Waals surface area contributed by atoms with E-state index in [1.165, 1.54) is 0 Å². The Labute approximate surface area is 73.6 Å². The lowest BCUT2D eigenvalue weighted by molar-refractivity contribution is -0.0571. The molecular weight excluding hydrogens is 166 g/mol. The molecule has 0 aliphatic carbocycles. The lowest BCUT2D eigenvalue weighted by atomic mass is 10.1. The Morgan fingerprint density at radius 2 is 2.36 bits per heavy atom. The van der Waals surface area contributed by atoms with Gasteiger partial charge < -0.3 is 15.2 Å². The number of hydrogen-bond donors (Lipinski definition) is 1. The van der Waals surface area contributed by atoms with E-state index in [2.05, 4.69) is 0 Å². The summed E-state index contributed by atoms with van der Waals surface area (Å²) >= 11 is 0. The van der Waals surface area contributed by atoms with Gasteiger partial charge in [-0.1, -0.05) is 0 Å². The van der Waals surface area contributed by atoms with Gasteiger partial charge >= 0.3 is 0 Å². The monoisotopic (exact) mass is 181 g/mol. The van der Waals surface area contributed by atoms with E-state index in [1.54, 1.807) is 0 Å². The molecule has 1 fully saturated rings. The first-order chi connectivity index (χ1) is 4.84. The minimum atomic E-state index is 0. The smallest absolute Gasteiger partial charge is 0.0959 e. The molecule has 1 saturated heterocycles. The van der Waals surface area contributed by atoms with Gasteiger partial charge in [0.05, 0.1) is 12.7 Å². The van der Waals surface area contributed by atoms with Gasteiger partial charge in [-0.05, 0) is 13.3 Å². The summed E-state index contributed by atoms with van der Waals surface area (Å²) in [6.45, 7) is 4.14. The van der Waals surface area contributed by atoms with Crippen molar-refractivity contribution in [2.45, 2.75) is 25.5 Å². The first-order valence-electron chi connectivity index (χ1n) is 3.79. The summed E-state index contributed by atoms with van der Waals surface area (Å²) in [5, 5.41) is 0. The number of rotatable bonds is 2. The molecule has 4 heteroatoms. The van der Waals surface area contributed by atoms with Crippen molar-refractivity contribution >= 4 is 12.4 Å². The van der Waals surface area contributed by atoms with Gasteiger partial charge in [0.15, 0.2) is 0 Å². The Hall–Kier alpha value is 0.170. The molecule has 0 saturated carbocycles. The van der Waals surface area contributed by atoms with Crippen molar-refractivity contribution in [1.82, 2.24) is 0 Å². The standard InChI is InChI=1S/C7H15NO2.ClH/c1-2-10-7-5-9-4-3-6(7)8;/h6-7H,2-5,8H2,1H3;1H/t6-,7+;/m0./s1. The van der Waals surface area contributed by atoms with Crippen molar-refractivity contribution in [3.05, 3.63) is 0 Å². The first kappa shape index (κ1) is 11.2. The summed E-state index contributed by atoms with van der Waals surface area (Å²) in [5.74, 6) is 0. The topological polar surface area (TPSA) is 44.5 Å². The van der Waals surface area contributed by atoms with Gasteiger partial charge in [-0.2, -0.15) is 0 Å². The van der Waals surface area contributed by atoms with Crippen LogP contribution in [-0.2, 0) is 9.47 Å². The number of hydrogen-bond acceptors (Lipinski definition) is 3. The first-order valence-corrected chi connectivity index (χ1v) is 3.79. The van der Waals surface area contributed by atoms with Crippen molar-refractivity contribution in [1.29, 1.82) is 0 Å². The molecule has 0 unspecified atom stereocenters. The molecule has 2 atom stereocenters. The molecule has 0 spiro atoms. The molecule has 1 rings (SSSR count). The molecule has 0 aromatic rings. The lowest BCUT2D eigenvalue weighted by Crippen LogP contribution is -2.44. The second-order valence-corrected chi connectivity index (χ2v) is 2.52. The third-order valence-corrected chi connectivity index (χ3v) is 1.74. The van der Waals surface area contributed by atoms with Crippen LogP contribution in [0.15, 0.2) is 0 Å². The molecule has 2 N–H and O–H groups in total. The van der Waals surface area contributed by atoms with Crippen molar-refractivity contribution in [3.8, 4) is 0 Å². The van der Waals surface area contributed by atoms with E-state index < -0.39 is 0 Å². The fraction of sp³-hybridized carbons (Fsp3) is 1.00. The molecule has 11 heavy (non-hydrogen) atoms. The van der Waals surface area contributed by atoms with Crippen LogP contribution < -0.4 is 5.73 Å². The molecule has 1 aliphatic heterocycles. The van der Waals surface area contributed by atoms with Crippen LogP contribution in [0.4, 0.5) is 0 Å². The molecule has 0 bridgehead atoms. The van der Waals surface area contributed by atoms with Gasteiger partial charge in [-0.15, -0.1) is 12.4 Å². The highest BCUT2D eigenvalue weighted by Crippen LogP contribution is 2.08. The van der Waals surface area contributed by atoms with Crippen LogP contribution >= 0.6 is 12.4 Å². The van der Waals surface area contributed by atoms with Crippen LogP contribution in [0, 0.1) is 0 Å². The summed E-state index contributed by atoms with van der Waals surface area (Å²) in [5.41, 5.74) is 5.76. The van der Waals surface area contributed by atoms with E-state index in [-0.39, 0.29) is 24.6 Å². The number of ether oxygens (including phenoxy) is 2. The Morgan fingerprint density at radius 3 is 2.91 bits per heavy atom. The third-order valence-electron chi connectivity index (χ3n) is 1.74. The van der Waals surface area contributed by atoms with Gasteiger partial charge in [-0.25, -0.2) is 0 Å². The predicted octanol–water partition coefficient (Wildman–Crippen LogP) is 0.561. The molecule has 3 nitrogen and oxygen atoms in total. The largest absolute Gasteiger partial charge is 0.379 e. The zero-order valence-corrected chi connectivity index (χ0v) is 7.60. The van der Waals surface area contributed by atoms with Crippen LogP contribution in [0.1, 0.15) is 13.3 Å². The van der Waals surface area contributed by atoms with Crippen molar-refractivity contribution in [2.24, 2.45) is 5.73 Å². The molecule has 0 amide bonds. The summed E-state index contributed by atoms with van der Waals surface area (Å²) < 4.78 is 10.5. The van der Waals surface area contributed by atoms with E-state index in [0.29, 0.717) is 6.61 Å². The summed E-state index contributed by atoms with van der Waals surface area (Å²) in [7, 11) is 0. The van der Waals surface area contributed by atoms with Gasteiger partial charge in [0.25, 0.3) is 0 Å². The molecule has 0 aromatic heterocycles. The molecule has 0 aromatic carbocycles. The fourth-order valence-corrected chi connectivity index (χ4v) is 1.11. The maximum atomic E-state index is 5.76.